The molecule has 144 valence electrons. The Hall–Kier alpha value is -1.75. The van der Waals surface area contributed by atoms with Crippen LogP contribution in [0.2, 0.25) is 0 Å². The van der Waals surface area contributed by atoms with E-state index in [0.29, 0.717) is 24.5 Å². The molecule has 0 radical (unpaired) electrons. The van der Waals surface area contributed by atoms with Gasteiger partial charge in [0.05, 0.1) is 6.61 Å². The number of carbonyl (C=O) groups excluding carboxylic acids is 3. The van der Waals surface area contributed by atoms with E-state index in [1.807, 2.05) is 6.92 Å². The SMILES string of the molecule is CCC(CCCCCCCOOOO)OC(=O)ON1C(=O)CCC1=O. The Balaban J connectivity index is 2.10. The molecule has 1 atom stereocenters. The first kappa shape index (κ1) is 21.3. The van der Waals surface area contributed by atoms with Crippen molar-refractivity contribution < 1.29 is 44.2 Å². The van der Waals surface area contributed by atoms with Gasteiger partial charge in [-0.3, -0.25) is 14.4 Å². The molecule has 0 bridgehead atoms. The van der Waals surface area contributed by atoms with E-state index < -0.39 is 18.0 Å². The van der Waals surface area contributed by atoms with Gasteiger partial charge in [0.15, 0.2) is 0 Å². The molecular formula is C15H25NO9. The second kappa shape index (κ2) is 12.6. The lowest BCUT2D eigenvalue weighted by molar-refractivity contribution is -0.623. The van der Waals surface area contributed by atoms with Crippen LogP contribution in [0.25, 0.3) is 0 Å². The fourth-order valence-electron chi connectivity index (χ4n) is 2.36. The van der Waals surface area contributed by atoms with Crippen molar-refractivity contribution in [3.8, 4) is 0 Å². The normalized spacial score (nSPS) is 15.5. The van der Waals surface area contributed by atoms with Crippen LogP contribution in [-0.2, 0) is 34.1 Å². The molecule has 0 aliphatic carbocycles. The van der Waals surface area contributed by atoms with Crippen LogP contribution < -0.4 is 0 Å². The Kier molecular flexibility index (Phi) is 10.7. The summed E-state index contributed by atoms with van der Waals surface area (Å²) in [6.07, 6.45) is 4.52. The van der Waals surface area contributed by atoms with E-state index in [-0.39, 0.29) is 18.9 Å². The standard InChI is InChI=1S/C15H25NO9/c1-2-12(8-6-4-3-5-7-11-21-25-24-20)22-15(19)23-16-13(17)9-10-14(16)18/h12,20H,2-11H2,1H3. The Morgan fingerprint density at radius 1 is 1.12 bits per heavy atom. The van der Waals surface area contributed by atoms with Crippen molar-refractivity contribution in [2.75, 3.05) is 6.61 Å². The maximum absolute atomic E-state index is 11.7. The monoisotopic (exact) mass is 363 g/mol. The lowest BCUT2D eigenvalue weighted by atomic mass is 10.1. The van der Waals surface area contributed by atoms with Crippen LogP contribution in [0.5, 0.6) is 0 Å². The molecule has 0 aromatic rings. The molecule has 10 nitrogen and oxygen atoms in total. The summed E-state index contributed by atoms with van der Waals surface area (Å²) in [6, 6.07) is 0. The fourth-order valence-corrected chi connectivity index (χ4v) is 2.36. The van der Waals surface area contributed by atoms with Crippen molar-refractivity contribution >= 4 is 18.0 Å². The van der Waals surface area contributed by atoms with E-state index in [1.54, 1.807) is 0 Å². The summed E-state index contributed by atoms with van der Waals surface area (Å²) < 4.78 is 5.15. The maximum atomic E-state index is 11.7. The second-order valence-electron chi connectivity index (χ2n) is 5.59. The van der Waals surface area contributed by atoms with Gasteiger partial charge in [0.1, 0.15) is 6.10 Å². The van der Waals surface area contributed by atoms with E-state index in [2.05, 4.69) is 19.8 Å². The first-order chi connectivity index (χ1) is 12.1. The highest BCUT2D eigenvalue weighted by Crippen LogP contribution is 2.16. The summed E-state index contributed by atoms with van der Waals surface area (Å²) in [5.41, 5.74) is 0. The summed E-state index contributed by atoms with van der Waals surface area (Å²) in [4.78, 5) is 43.6. The van der Waals surface area contributed by atoms with Gasteiger partial charge < -0.3 is 4.74 Å². The average Bonchev–Trinajstić information content (AvgIpc) is 2.91. The van der Waals surface area contributed by atoms with E-state index in [0.717, 1.165) is 32.1 Å². The van der Waals surface area contributed by atoms with Crippen molar-refractivity contribution in [2.24, 2.45) is 0 Å². The van der Waals surface area contributed by atoms with Crippen LogP contribution in [0, 0.1) is 0 Å². The molecule has 0 aromatic carbocycles. The molecule has 1 heterocycles. The molecule has 10 heteroatoms. The zero-order chi connectivity index (χ0) is 18.5. The number of carbonyl (C=O) groups is 3. The van der Waals surface area contributed by atoms with Crippen molar-refractivity contribution in [2.45, 2.75) is 70.8 Å². The molecule has 1 N–H and O–H groups in total. The molecule has 0 aromatic heterocycles. The van der Waals surface area contributed by atoms with Crippen molar-refractivity contribution in [1.82, 2.24) is 5.06 Å². The third-order valence-corrected chi connectivity index (χ3v) is 3.72. The van der Waals surface area contributed by atoms with Gasteiger partial charge in [0.25, 0.3) is 11.8 Å². The second-order valence-corrected chi connectivity index (χ2v) is 5.59. The Labute approximate surface area is 145 Å². The topological polar surface area (TPSA) is 121 Å². The molecule has 1 aliphatic heterocycles. The summed E-state index contributed by atoms with van der Waals surface area (Å²) >= 11 is 0. The van der Waals surface area contributed by atoms with Gasteiger partial charge in [0, 0.05) is 12.8 Å². The number of hydroxylamine groups is 2. The predicted octanol–water partition coefficient (Wildman–Crippen LogP) is 2.68. The van der Waals surface area contributed by atoms with Crippen LogP contribution >= 0.6 is 0 Å². The molecular weight excluding hydrogens is 338 g/mol. The molecule has 1 fully saturated rings. The van der Waals surface area contributed by atoms with Crippen LogP contribution in [-0.4, -0.2) is 41.0 Å². The molecule has 1 unspecified atom stereocenters. The predicted molar refractivity (Wildman–Crippen MR) is 81.2 cm³/mol. The summed E-state index contributed by atoms with van der Waals surface area (Å²) in [5, 5.41) is 15.5. The fraction of sp³-hybridized carbons (Fsp3) is 0.800. The summed E-state index contributed by atoms with van der Waals surface area (Å²) in [6.45, 7) is 2.20. The number of rotatable bonds is 13. The third kappa shape index (κ3) is 8.77. The number of imide groups is 1. The number of ether oxygens (including phenoxy) is 1. The number of unbranched alkanes of at least 4 members (excludes halogenated alkanes) is 4. The molecule has 25 heavy (non-hydrogen) atoms. The molecule has 2 amide bonds. The Bertz CT molecular complexity index is 413. The molecule has 0 spiro atoms. The van der Waals surface area contributed by atoms with Gasteiger partial charge in [-0.05, 0) is 35.8 Å². The smallest absolute Gasteiger partial charge is 0.429 e. The van der Waals surface area contributed by atoms with Gasteiger partial charge in [-0.25, -0.2) is 14.9 Å². The first-order valence-corrected chi connectivity index (χ1v) is 8.42. The van der Waals surface area contributed by atoms with Crippen molar-refractivity contribution in [1.29, 1.82) is 0 Å². The van der Waals surface area contributed by atoms with E-state index in [1.165, 1.54) is 0 Å². The summed E-state index contributed by atoms with van der Waals surface area (Å²) in [5.74, 6) is -1.06. The first-order valence-electron chi connectivity index (χ1n) is 8.42. The molecule has 1 rings (SSSR count). The zero-order valence-corrected chi connectivity index (χ0v) is 14.3. The van der Waals surface area contributed by atoms with Gasteiger partial charge >= 0.3 is 6.16 Å². The number of hydrogen-bond acceptors (Lipinski definition) is 9. The number of amides is 2. The minimum absolute atomic E-state index is 0.0491. The quantitative estimate of drug-likeness (QED) is 0.173. The number of nitrogens with zero attached hydrogens (tertiary/aromatic N) is 1. The molecule has 1 saturated heterocycles. The highest BCUT2D eigenvalue weighted by Gasteiger charge is 2.33. The van der Waals surface area contributed by atoms with Crippen molar-refractivity contribution in [3.05, 3.63) is 0 Å². The Morgan fingerprint density at radius 3 is 2.40 bits per heavy atom. The summed E-state index contributed by atoms with van der Waals surface area (Å²) in [7, 11) is 0. The van der Waals surface area contributed by atoms with Crippen LogP contribution in [0.15, 0.2) is 0 Å². The Morgan fingerprint density at radius 2 is 1.76 bits per heavy atom. The van der Waals surface area contributed by atoms with Gasteiger partial charge in [0.2, 0.25) is 0 Å². The molecule has 1 aliphatic rings. The van der Waals surface area contributed by atoms with Gasteiger partial charge in [-0.15, -0.1) is 0 Å². The lowest BCUT2D eigenvalue weighted by Gasteiger charge is -2.18. The van der Waals surface area contributed by atoms with Gasteiger partial charge in [-0.2, -0.15) is 0 Å². The highest BCUT2D eigenvalue weighted by atomic mass is 17.6. The maximum Gasteiger partial charge on any atom is 0.534 e. The van der Waals surface area contributed by atoms with Gasteiger partial charge in [-0.1, -0.05) is 31.2 Å². The van der Waals surface area contributed by atoms with E-state index in [4.69, 9.17) is 9.99 Å². The van der Waals surface area contributed by atoms with Crippen LogP contribution in [0.4, 0.5) is 4.79 Å². The zero-order valence-electron chi connectivity index (χ0n) is 14.3. The minimum Gasteiger partial charge on any atom is -0.429 e. The van der Waals surface area contributed by atoms with E-state index in [9.17, 15) is 14.4 Å². The highest BCUT2D eigenvalue weighted by molar-refractivity contribution is 6.01. The largest absolute Gasteiger partial charge is 0.534 e. The van der Waals surface area contributed by atoms with Crippen LogP contribution in [0.3, 0.4) is 0 Å². The van der Waals surface area contributed by atoms with E-state index >= 15 is 0 Å². The van der Waals surface area contributed by atoms with Crippen LogP contribution in [0.1, 0.15) is 64.7 Å². The third-order valence-electron chi connectivity index (χ3n) is 3.72. The number of hydrogen-bond donors (Lipinski definition) is 1. The average molecular weight is 363 g/mol. The minimum atomic E-state index is -1.03. The lowest BCUT2D eigenvalue weighted by Crippen LogP contribution is -2.33. The molecule has 0 saturated carbocycles. The van der Waals surface area contributed by atoms with Crippen molar-refractivity contribution in [3.63, 3.8) is 0 Å².